The molecule has 0 saturated carbocycles. The summed E-state index contributed by atoms with van der Waals surface area (Å²) in [6.07, 6.45) is 11.1. The fraction of sp³-hybridized carbons (Fsp3) is 1.00. The van der Waals surface area contributed by atoms with Crippen LogP contribution in [0, 0.1) is 21.7 Å². The summed E-state index contributed by atoms with van der Waals surface area (Å²) in [5.74, 6) is 0. The van der Waals surface area contributed by atoms with Crippen molar-refractivity contribution in [2.24, 2.45) is 21.7 Å². The topological polar surface area (TPSA) is 0 Å². The van der Waals surface area contributed by atoms with Gasteiger partial charge in [0.15, 0.2) is 0 Å². The zero-order chi connectivity index (χ0) is 32.1. The van der Waals surface area contributed by atoms with Gasteiger partial charge in [0, 0.05) is 0 Å². The van der Waals surface area contributed by atoms with Gasteiger partial charge in [0.2, 0.25) is 0 Å². The molecule has 0 bridgehead atoms. The number of halogens is 10. The Morgan fingerprint density at radius 1 is 0.341 bits per heavy atom. The Morgan fingerprint density at radius 3 is 0.659 bits per heavy atom. The Balaban J connectivity index is 0. The van der Waals surface area contributed by atoms with E-state index < -0.39 is 88.4 Å². The molecule has 0 aliphatic rings. The highest BCUT2D eigenvalue weighted by atomic mass is 19.2. The Morgan fingerprint density at radius 2 is 0.537 bits per heavy atom. The normalized spacial score (nSPS) is 13.3. The van der Waals surface area contributed by atoms with Crippen LogP contribution in [-0.4, -0.2) is 97.4 Å². The lowest BCUT2D eigenvalue weighted by molar-refractivity contribution is -0.929. The largest absolute Gasteiger partial charge is 0.324 e. The molecular weight excluding hydrogens is 564 g/mol. The molecule has 0 unspecified atom stereocenters. The van der Waals surface area contributed by atoms with Crippen LogP contribution in [0.15, 0.2) is 0 Å². The van der Waals surface area contributed by atoms with Gasteiger partial charge >= 0.3 is 0 Å². The van der Waals surface area contributed by atoms with E-state index in [0.29, 0.717) is 0 Å². The molecule has 0 radical (unpaired) electrons. The van der Waals surface area contributed by atoms with Crippen molar-refractivity contribution in [1.82, 2.24) is 0 Å². The Labute approximate surface area is 242 Å². The Kier molecular flexibility index (Phi) is 22.6. The Bertz CT molecular complexity index is 518. The van der Waals surface area contributed by atoms with Crippen LogP contribution >= 0.6 is 0 Å². The van der Waals surface area contributed by atoms with Crippen molar-refractivity contribution in [2.75, 3.05) is 92.9 Å². The van der Waals surface area contributed by atoms with Gasteiger partial charge in [-0.1, -0.05) is 53.4 Å². The summed E-state index contributed by atoms with van der Waals surface area (Å²) in [5.41, 5.74) is -13.5. The van der Waals surface area contributed by atoms with Gasteiger partial charge in [-0.2, -0.15) is 0 Å². The lowest BCUT2D eigenvalue weighted by Crippen LogP contribution is -2.69. The lowest BCUT2D eigenvalue weighted by Gasteiger charge is -2.59. The first-order chi connectivity index (χ1) is 19.6. The number of rotatable bonds is 25. The van der Waals surface area contributed by atoms with Crippen LogP contribution in [0.2, 0.25) is 0 Å². The van der Waals surface area contributed by atoms with Gasteiger partial charge in [-0.25, -0.2) is 0 Å². The van der Waals surface area contributed by atoms with Crippen LogP contribution < -0.4 is 0 Å². The fourth-order valence-corrected chi connectivity index (χ4v) is 5.79. The van der Waals surface area contributed by atoms with Gasteiger partial charge in [-0.15, -0.1) is 0 Å². The number of quaternary nitrogens is 1. The Hall–Kier alpha value is -0.740. The molecule has 1 nitrogen and oxygen atoms in total. The van der Waals surface area contributed by atoms with Crippen molar-refractivity contribution in [3.05, 3.63) is 0 Å². The SMILES string of the molecule is CCCC[N+](CCCC)(CCCC)CCCC.FCC(CF)(CF)C(CF)(CF)C(CF)(CF)C(CF)(CF)CF. The molecular formula is C30H56F10N+. The highest BCUT2D eigenvalue weighted by molar-refractivity contribution is 5.15. The van der Waals surface area contributed by atoms with E-state index in [0.717, 1.165) is 0 Å². The minimum absolute atomic E-state index is 1.35. The van der Waals surface area contributed by atoms with Gasteiger partial charge in [0.25, 0.3) is 0 Å². The molecule has 0 aromatic rings. The predicted octanol–water partition coefficient (Wildman–Crippen LogP) is 9.63. The highest BCUT2D eigenvalue weighted by Gasteiger charge is 2.71. The molecule has 0 aromatic heterocycles. The summed E-state index contributed by atoms with van der Waals surface area (Å²) in [6.45, 7) is -6.54. The molecule has 0 aliphatic heterocycles. The average molecular weight is 621 g/mol. The molecule has 0 atom stereocenters. The third-order valence-electron chi connectivity index (χ3n) is 9.34. The van der Waals surface area contributed by atoms with E-state index in [-0.39, 0.29) is 0 Å². The zero-order valence-electron chi connectivity index (χ0n) is 25.8. The monoisotopic (exact) mass is 620 g/mol. The smallest absolute Gasteiger partial charge is 0.101 e. The average Bonchev–Trinajstić information content (AvgIpc) is 3.03. The predicted molar refractivity (Wildman–Crippen MR) is 149 cm³/mol. The molecule has 0 fully saturated rings. The van der Waals surface area contributed by atoms with Gasteiger partial charge in [0.1, 0.15) is 40.0 Å². The quantitative estimate of drug-likeness (QED) is 0.0704. The van der Waals surface area contributed by atoms with E-state index in [1.54, 1.807) is 0 Å². The summed E-state index contributed by atoms with van der Waals surface area (Å²) >= 11 is 0. The molecule has 250 valence electrons. The van der Waals surface area contributed by atoms with Crippen molar-refractivity contribution in [1.29, 1.82) is 0 Å². The van der Waals surface area contributed by atoms with Crippen LogP contribution in [0.5, 0.6) is 0 Å². The summed E-state index contributed by atoms with van der Waals surface area (Å²) in [5, 5.41) is 0. The maximum absolute atomic E-state index is 13.7. The summed E-state index contributed by atoms with van der Waals surface area (Å²) in [4.78, 5) is 0. The molecule has 0 heterocycles. The van der Waals surface area contributed by atoms with Crippen LogP contribution in [0.25, 0.3) is 0 Å². The number of unbranched alkanes of at least 4 members (excludes halogenated alkanes) is 4. The zero-order valence-corrected chi connectivity index (χ0v) is 25.8. The van der Waals surface area contributed by atoms with E-state index in [4.69, 9.17) is 0 Å². The number of nitrogens with zero attached hydrogens (tertiary/aromatic N) is 1. The number of alkyl halides is 10. The standard InChI is InChI=1S/C16H36N.C14H20F10/c1-5-9-13-17(14-10-6-2,15-11-7-3)16-12-8-4;15-1-11(2-16,3-17)13(7-21,8-22)14(9-23,10-24)12(4-18,5-19)6-20/h5-16H2,1-4H3;1-10H2/q+1;. The van der Waals surface area contributed by atoms with E-state index in [2.05, 4.69) is 27.7 Å². The molecule has 0 aromatic carbocycles. The highest BCUT2D eigenvalue weighted by Crippen LogP contribution is 2.62. The van der Waals surface area contributed by atoms with Crippen LogP contribution in [-0.2, 0) is 0 Å². The fourth-order valence-electron chi connectivity index (χ4n) is 5.79. The first-order valence-electron chi connectivity index (χ1n) is 15.1. The van der Waals surface area contributed by atoms with E-state index in [1.807, 2.05) is 0 Å². The second kappa shape index (κ2) is 21.9. The van der Waals surface area contributed by atoms with Gasteiger partial charge in [0.05, 0.1) is 74.5 Å². The maximum atomic E-state index is 13.7. The van der Waals surface area contributed by atoms with Crippen molar-refractivity contribution in [3.8, 4) is 0 Å². The van der Waals surface area contributed by atoms with Crippen molar-refractivity contribution in [3.63, 3.8) is 0 Å². The first-order valence-corrected chi connectivity index (χ1v) is 15.1. The summed E-state index contributed by atoms with van der Waals surface area (Å²) < 4.78 is 136. The molecule has 0 aliphatic carbocycles. The minimum Gasteiger partial charge on any atom is -0.324 e. The number of hydrogen-bond acceptors (Lipinski definition) is 0. The van der Waals surface area contributed by atoms with Gasteiger partial charge < -0.3 is 4.48 Å². The minimum atomic E-state index is -3.48. The van der Waals surface area contributed by atoms with E-state index in [9.17, 15) is 43.9 Å². The van der Waals surface area contributed by atoms with Gasteiger partial charge in [-0.3, -0.25) is 43.9 Å². The summed E-state index contributed by atoms with van der Waals surface area (Å²) in [6, 6.07) is 0. The first kappa shape index (κ1) is 42.4. The van der Waals surface area contributed by atoms with Crippen molar-refractivity contribution in [2.45, 2.75) is 79.1 Å². The second-order valence-electron chi connectivity index (χ2n) is 11.7. The van der Waals surface area contributed by atoms with E-state index >= 15 is 0 Å². The molecule has 41 heavy (non-hydrogen) atoms. The molecule has 0 spiro atoms. The van der Waals surface area contributed by atoms with E-state index in [1.165, 1.54) is 82.0 Å². The van der Waals surface area contributed by atoms with Gasteiger partial charge in [-0.05, 0) is 25.7 Å². The third-order valence-corrected chi connectivity index (χ3v) is 9.34. The molecule has 11 heteroatoms. The lowest BCUT2D eigenvalue weighted by atomic mass is 9.45. The van der Waals surface area contributed by atoms with Crippen LogP contribution in [0.1, 0.15) is 79.1 Å². The van der Waals surface area contributed by atoms with Crippen molar-refractivity contribution >= 4 is 0 Å². The molecule has 0 rings (SSSR count). The second-order valence-corrected chi connectivity index (χ2v) is 11.7. The maximum Gasteiger partial charge on any atom is 0.101 e. The third kappa shape index (κ3) is 9.37. The van der Waals surface area contributed by atoms with Crippen LogP contribution in [0.4, 0.5) is 43.9 Å². The van der Waals surface area contributed by atoms with Crippen LogP contribution in [0.3, 0.4) is 0 Å². The summed E-state index contributed by atoms with van der Waals surface area (Å²) in [7, 11) is 0. The molecule has 0 amide bonds. The number of hydrogen-bond donors (Lipinski definition) is 0. The van der Waals surface area contributed by atoms with Crippen molar-refractivity contribution < 1.29 is 48.4 Å². The molecule has 0 saturated heterocycles. The molecule has 0 N–H and O–H groups in total.